The maximum atomic E-state index is 12.8. The summed E-state index contributed by atoms with van der Waals surface area (Å²) >= 11 is 1.64. The maximum absolute atomic E-state index is 12.8. The van der Waals surface area contributed by atoms with E-state index in [4.69, 9.17) is 9.72 Å². The number of carbonyl (C=O) groups excluding carboxylic acids is 1. The molecule has 3 atom stereocenters. The van der Waals surface area contributed by atoms with E-state index >= 15 is 0 Å². The third kappa shape index (κ3) is 4.00. The number of carbonyl (C=O) groups is 1. The van der Waals surface area contributed by atoms with Gasteiger partial charge in [-0.1, -0.05) is 38.1 Å². The maximum Gasteiger partial charge on any atom is 0.317 e. The van der Waals surface area contributed by atoms with Crippen molar-refractivity contribution >= 4 is 38.2 Å². The van der Waals surface area contributed by atoms with Gasteiger partial charge in [0.2, 0.25) is 0 Å². The van der Waals surface area contributed by atoms with Crippen LogP contribution in [0.3, 0.4) is 0 Å². The largest absolute Gasteiger partial charge is 0.490 e. The average Bonchev–Trinajstić information content (AvgIpc) is 3.16. The minimum atomic E-state index is -0.798. The Kier molecular flexibility index (Phi) is 5.94. The van der Waals surface area contributed by atoms with Gasteiger partial charge in [0.25, 0.3) is 0 Å². The fourth-order valence-electron chi connectivity index (χ4n) is 5.44. The molecule has 1 aliphatic rings. The van der Waals surface area contributed by atoms with Crippen molar-refractivity contribution in [2.24, 2.45) is 17.0 Å². The molecule has 5 nitrogen and oxygen atoms in total. The Morgan fingerprint density at radius 1 is 1.06 bits per heavy atom. The van der Waals surface area contributed by atoms with E-state index < -0.39 is 5.91 Å². The number of benzene rings is 2. The highest BCUT2D eigenvalue weighted by atomic mass is 32.1. The van der Waals surface area contributed by atoms with Crippen LogP contribution in [0.25, 0.3) is 31.6 Å². The van der Waals surface area contributed by atoms with Crippen molar-refractivity contribution in [2.45, 2.75) is 53.1 Å². The molecule has 1 fully saturated rings. The molecule has 5 rings (SSSR count). The summed E-state index contributed by atoms with van der Waals surface area (Å²) < 4.78 is 7.64. The van der Waals surface area contributed by atoms with Crippen molar-refractivity contribution in [2.75, 3.05) is 0 Å². The number of fused-ring (bicyclic) bond motifs is 2. The number of nitroso groups, excluding NO2 is 1. The number of nitrogens with zero attached hydrogens (tertiary/aromatic N) is 2. The molecule has 0 radical (unpaired) electrons. The number of hydrogen-bond acceptors (Lipinski definition) is 5. The van der Waals surface area contributed by atoms with Crippen molar-refractivity contribution < 1.29 is 9.53 Å². The molecule has 0 bridgehead atoms. The van der Waals surface area contributed by atoms with Crippen LogP contribution in [0.5, 0.6) is 5.75 Å². The number of aromatic nitrogens is 1. The molecular weight excluding hydrogens is 444 g/mol. The average molecular weight is 473 g/mol. The van der Waals surface area contributed by atoms with Crippen molar-refractivity contribution in [3.8, 4) is 16.3 Å². The van der Waals surface area contributed by atoms with Gasteiger partial charge < -0.3 is 4.74 Å². The van der Waals surface area contributed by atoms with Crippen LogP contribution >= 0.6 is 11.3 Å². The predicted molar refractivity (Wildman–Crippen MR) is 139 cm³/mol. The van der Waals surface area contributed by atoms with Crippen LogP contribution < -0.4 is 4.74 Å². The Morgan fingerprint density at radius 3 is 2.50 bits per heavy atom. The monoisotopic (exact) mass is 472 g/mol. The molecule has 1 aliphatic carbocycles. The van der Waals surface area contributed by atoms with Gasteiger partial charge in [0, 0.05) is 9.88 Å². The van der Waals surface area contributed by atoms with Gasteiger partial charge in [-0.2, -0.15) is 0 Å². The number of amides is 1. The summed E-state index contributed by atoms with van der Waals surface area (Å²) in [5.74, 6) is 0.979. The van der Waals surface area contributed by atoms with Gasteiger partial charge in [-0.25, -0.2) is 4.98 Å². The first-order valence-corrected chi connectivity index (χ1v) is 12.6. The van der Waals surface area contributed by atoms with E-state index in [-0.39, 0.29) is 11.7 Å². The molecule has 4 aromatic rings. The molecule has 34 heavy (non-hydrogen) atoms. The molecule has 0 aliphatic heterocycles. The van der Waals surface area contributed by atoms with Gasteiger partial charge in [0.1, 0.15) is 5.75 Å². The molecule has 2 heterocycles. The molecule has 174 valence electrons. The highest BCUT2D eigenvalue weighted by Crippen LogP contribution is 2.41. The third-order valence-electron chi connectivity index (χ3n) is 6.94. The van der Waals surface area contributed by atoms with Crippen molar-refractivity contribution in [1.29, 1.82) is 0 Å². The Labute approximate surface area is 203 Å². The number of aryl methyl sites for hydroxylation is 2. The SMILES string of the molecule is Cc1c(-c2cc(C(=O)N=O)c3c(O[C@@H]4C[C@H](C)C[C@H](C)C4)ccc(C)c3n2)sc2ccccc12. The predicted octanol–water partition coefficient (Wildman–Crippen LogP) is 7.84. The van der Waals surface area contributed by atoms with Crippen LogP contribution in [0.15, 0.2) is 47.6 Å². The second kappa shape index (κ2) is 8.91. The zero-order valence-electron chi connectivity index (χ0n) is 19.9. The molecular formula is C28H28N2O3S. The van der Waals surface area contributed by atoms with Crippen molar-refractivity contribution in [3.63, 3.8) is 0 Å². The zero-order valence-corrected chi connectivity index (χ0v) is 20.7. The van der Waals surface area contributed by atoms with E-state index in [1.807, 2.05) is 31.2 Å². The first kappa shape index (κ1) is 22.7. The second-order valence-corrected chi connectivity index (χ2v) is 10.8. The number of pyridine rings is 1. The smallest absolute Gasteiger partial charge is 0.317 e. The van der Waals surface area contributed by atoms with E-state index in [9.17, 15) is 9.70 Å². The lowest BCUT2D eigenvalue weighted by Crippen LogP contribution is -2.28. The Bertz CT molecular complexity index is 1410. The van der Waals surface area contributed by atoms with Crippen LogP contribution in [-0.2, 0) is 0 Å². The normalized spacial score (nSPS) is 20.5. The molecule has 2 aromatic carbocycles. The van der Waals surface area contributed by atoms with E-state index in [0.717, 1.165) is 33.5 Å². The first-order valence-electron chi connectivity index (χ1n) is 11.8. The van der Waals surface area contributed by atoms with Gasteiger partial charge in [0.15, 0.2) is 0 Å². The van der Waals surface area contributed by atoms with Crippen LogP contribution in [0.2, 0.25) is 0 Å². The minimum Gasteiger partial charge on any atom is -0.490 e. The summed E-state index contributed by atoms with van der Waals surface area (Å²) in [6, 6.07) is 13.8. The van der Waals surface area contributed by atoms with E-state index in [2.05, 4.69) is 38.1 Å². The molecule has 0 spiro atoms. The summed E-state index contributed by atoms with van der Waals surface area (Å²) in [6.45, 7) is 8.54. The van der Waals surface area contributed by atoms with Crippen LogP contribution in [-0.4, -0.2) is 17.0 Å². The van der Waals surface area contributed by atoms with Crippen molar-refractivity contribution in [3.05, 3.63) is 64.1 Å². The lowest BCUT2D eigenvalue weighted by molar-refractivity contribution is 0.0990. The number of hydrogen-bond donors (Lipinski definition) is 0. The molecule has 1 amide bonds. The van der Waals surface area contributed by atoms with E-state index in [1.165, 1.54) is 11.8 Å². The second-order valence-electron chi connectivity index (χ2n) is 9.77. The minimum absolute atomic E-state index is 0.0707. The number of thiophene rings is 1. The molecule has 0 N–H and O–H groups in total. The van der Waals surface area contributed by atoms with E-state index in [1.54, 1.807) is 17.4 Å². The fourth-order valence-corrected chi connectivity index (χ4v) is 6.61. The molecule has 1 saturated carbocycles. The van der Waals surface area contributed by atoms with Gasteiger partial charge in [-0.15, -0.1) is 16.2 Å². The Morgan fingerprint density at radius 2 is 1.79 bits per heavy atom. The first-order chi connectivity index (χ1) is 16.4. The van der Waals surface area contributed by atoms with Gasteiger partial charge in [-0.3, -0.25) is 4.79 Å². The summed E-state index contributed by atoms with van der Waals surface area (Å²) in [5.41, 5.74) is 3.64. The van der Waals surface area contributed by atoms with Gasteiger partial charge >= 0.3 is 5.91 Å². The quantitative estimate of drug-likeness (QED) is 0.284. The van der Waals surface area contributed by atoms with Gasteiger partial charge in [-0.05, 0) is 79.7 Å². The van der Waals surface area contributed by atoms with E-state index in [0.29, 0.717) is 34.2 Å². The van der Waals surface area contributed by atoms with Crippen LogP contribution in [0, 0.1) is 30.6 Å². The molecule has 6 heteroatoms. The summed E-state index contributed by atoms with van der Waals surface area (Å²) in [6.07, 6.45) is 3.22. The highest BCUT2D eigenvalue weighted by Gasteiger charge is 2.27. The third-order valence-corrected chi connectivity index (χ3v) is 8.24. The molecule has 2 aromatic heterocycles. The van der Waals surface area contributed by atoms with Crippen LogP contribution in [0.1, 0.15) is 54.6 Å². The molecule has 0 unspecified atom stereocenters. The zero-order chi connectivity index (χ0) is 24.0. The van der Waals surface area contributed by atoms with Gasteiger partial charge in [0.05, 0.1) is 33.1 Å². The molecule has 0 saturated heterocycles. The number of ether oxygens (including phenoxy) is 1. The Balaban J connectivity index is 1.69. The van der Waals surface area contributed by atoms with Crippen LogP contribution in [0.4, 0.5) is 0 Å². The lowest BCUT2D eigenvalue weighted by atomic mass is 9.82. The highest BCUT2D eigenvalue weighted by molar-refractivity contribution is 7.22. The van der Waals surface area contributed by atoms with Crippen molar-refractivity contribution in [1.82, 2.24) is 4.98 Å². The summed E-state index contributed by atoms with van der Waals surface area (Å²) in [5, 5.41) is 4.53. The standard InChI is InChI=1S/C28H28N2O3S/c1-15-11-16(2)13-19(12-15)33-23-10-9-17(3)26-25(23)21(28(31)30-32)14-22(29-26)27-18(4)20-7-5-6-8-24(20)34-27/h5-10,14-16,19H,11-13H2,1-4H3/t15-,16+,19-. The summed E-state index contributed by atoms with van der Waals surface area (Å²) in [7, 11) is 0. The number of rotatable bonds is 4. The lowest BCUT2D eigenvalue weighted by Gasteiger charge is -2.32. The topological polar surface area (TPSA) is 68.6 Å². The summed E-state index contributed by atoms with van der Waals surface area (Å²) in [4.78, 5) is 30.2. The fraction of sp³-hybridized carbons (Fsp3) is 0.357. The Hall–Kier alpha value is -3.12.